The average Bonchev–Trinajstić information content (AvgIpc) is 3.20. The van der Waals surface area contributed by atoms with E-state index in [1.807, 2.05) is 0 Å². The van der Waals surface area contributed by atoms with Crippen molar-refractivity contribution in [2.45, 2.75) is 39.5 Å². The molecule has 154 valence electrons. The number of anilines is 1. The first-order valence-electron chi connectivity index (χ1n) is 8.77. The Morgan fingerprint density at radius 1 is 1.31 bits per heavy atom. The molecule has 0 spiro atoms. The Morgan fingerprint density at radius 2 is 2.03 bits per heavy atom. The van der Waals surface area contributed by atoms with Gasteiger partial charge >= 0.3 is 6.18 Å². The lowest BCUT2D eigenvalue weighted by Crippen LogP contribution is -2.25. The quantitative estimate of drug-likeness (QED) is 0.649. The number of amides is 1. The van der Waals surface area contributed by atoms with Gasteiger partial charge in [-0.1, -0.05) is 23.7 Å². The lowest BCUT2D eigenvalue weighted by Gasteiger charge is -2.13. The molecule has 1 N–H and O–H groups in total. The van der Waals surface area contributed by atoms with Gasteiger partial charge in [-0.05, 0) is 38.5 Å². The van der Waals surface area contributed by atoms with Crippen LogP contribution in [0.15, 0.2) is 36.7 Å². The number of hydrogen-bond acceptors (Lipinski definition) is 3. The highest BCUT2D eigenvalue weighted by Gasteiger charge is 2.30. The van der Waals surface area contributed by atoms with Crippen molar-refractivity contribution in [2.75, 3.05) is 5.32 Å². The molecule has 1 aromatic carbocycles. The Morgan fingerprint density at radius 3 is 2.66 bits per heavy atom. The first-order chi connectivity index (χ1) is 13.6. The molecule has 3 aromatic rings. The minimum atomic E-state index is -4.40. The topological polar surface area (TPSA) is 64.7 Å². The van der Waals surface area contributed by atoms with Crippen LogP contribution in [0.5, 0.6) is 0 Å². The highest BCUT2D eigenvalue weighted by Crippen LogP contribution is 2.29. The molecule has 10 heteroatoms. The molecule has 0 radical (unpaired) electrons. The second kappa shape index (κ2) is 7.90. The molecule has 0 aliphatic carbocycles. The third-order valence-electron chi connectivity index (χ3n) is 4.48. The molecule has 3 rings (SSSR count). The third kappa shape index (κ3) is 4.61. The predicted octanol–water partition coefficient (Wildman–Crippen LogP) is 4.62. The summed E-state index contributed by atoms with van der Waals surface area (Å²) in [6.45, 7) is 5.37. The van der Waals surface area contributed by atoms with E-state index in [0.717, 1.165) is 12.1 Å². The molecule has 2 aromatic heterocycles. The van der Waals surface area contributed by atoms with Gasteiger partial charge in [-0.15, -0.1) is 0 Å². The normalized spacial score (nSPS) is 12.8. The molecule has 29 heavy (non-hydrogen) atoms. The fraction of sp³-hybridized carbons (Fsp3) is 0.316. The zero-order valence-electron chi connectivity index (χ0n) is 16.0. The lowest BCUT2D eigenvalue weighted by molar-refractivity contribution is -0.137. The molecule has 0 aliphatic heterocycles. The molecule has 0 aliphatic rings. The number of hydrogen-bond donors (Lipinski definition) is 1. The van der Waals surface area contributed by atoms with Crippen LogP contribution < -0.4 is 5.32 Å². The molecular weight excluding hydrogens is 407 g/mol. The molecule has 6 nitrogen and oxygen atoms in total. The van der Waals surface area contributed by atoms with Crippen molar-refractivity contribution < 1.29 is 18.0 Å². The standard InChI is InChI=1S/C19H19ClF3N5O/c1-11-17(20)12(2)28(26-11)13(3)18(29)25-16-8-24-27(10-16)9-14-5-4-6-15(7-14)19(21,22)23/h4-8,10,13H,9H2,1-3H3,(H,25,29). The van der Waals surface area contributed by atoms with Crippen molar-refractivity contribution in [3.63, 3.8) is 0 Å². The Hall–Kier alpha value is -2.81. The molecule has 0 saturated carbocycles. The molecule has 2 heterocycles. The molecule has 1 atom stereocenters. The minimum Gasteiger partial charge on any atom is -0.322 e. The zero-order chi connectivity index (χ0) is 21.3. The smallest absolute Gasteiger partial charge is 0.322 e. The van der Waals surface area contributed by atoms with Gasteiger partial charge < -0.3 is 5.32 Å². The van der Waals surface area contributed by atoms with Crippen LogP contribution >= 0.6 is 11.6 Å². The number of alkyl halides is 3. The van der Waals surface area contributed by atoms with Gasteiger partial charge in [0.1, 0.15) is 6.04 Å². The van der Waals surface area contributed by atoms with Crippen LogP contribution in [0.1, 0.15) is 35.5 Å². The van der Waals surface area contributed by atoms with E-state index in [4.69, 9.17) is 11.6 Å². The summed E-state index contributed by atoms with van der Waals surface area (Å²) in [6, 6.07) is 4.43. The van der Waals surface area contributed by atoms with Crippen LogP contribution in [0.2, 0.25) is 5.02 Å². The van der Waals surface area contributed by atoms with Crippen LogP contribution in [-0.2, 0) is 17.5 Å². The number of rotatable bonds is 5. The minimum absolute atomic E-state index is 0.141. The average molecular weight is 426 g/mol. The summed E-state index contributed by atoms with van der Waals surface area (Å²) in [4.78, 5) is 12.5. The van der Waals surface area contributed by atoms with Crippen molar-refractivity contribution in [2.24, 2.45) is 0 Å². The van der Waals surface area contributed by atoms with E-state index in [-0.39, 0.29) is 12.5 Å². The van der Waals surface area contributed by atoms with Crippen LogP contribution in [0, 0.1) is 13.8 Å². The first-order valence-corrected chi connectivity index (χ1v) is 9.14. The van der Waals surface area contributed by atoms with Gasteiger partial charge in [-0.2, -0.15) is 23.4 Å². The van der Waals surface area contributed by atoms with Crippen molar-refractivity contribution >= 4 is 23.2 Å². The summed E-state index contributed by atoms with van der Waals surface area (Å²) in [6.07, 6.45) is -1.41. The monoisotopic (exact) mass is 425 g/mol. The zero-order valence-corrected chi connectivity index (χ0v) is 16.7. The van der Waals surface area contributed by atoms with Gasteiger partial charge in [-0.3, -0.25) is 14.2 Å². The first kappa shape index (κ1) is 20.9. The largest absolute Gasteiger partial charge is 0.416 e. The van der Waals surface area contributed by atoms with Crippen LogP contribution in [0.4, 0.5) is 18.9 Å². The number of nitrogens with zero attached hydrogens (tertiary/aromatic N) is 4. The summed E-state index contributed by atoms with van der Waals surface area (Å²) >= 11 is 6.13. The van der Waals surface area contributed by atoms with Crippen molar-refractivity contribution in [3.05, 3.63) is 64.2 Å². The van der Waals surface area contributed by atoms with E-state index in [1.165, 1.54) is 16.9 Å². The predicted molar refractivity (Wildman–Crippen MR) is 103 cm³/mol. The summed E-state index contributed by atoms with van der Waals surface area (Å²) in [5, 5.41) is 11.6. The van der Waals surface area contributed by atoms with E-state index in [0.29, 0.717) is 27.7 Å². The van der Waals surface area contributed by atoms with Gasteiger partial charge in [0, 0.05) is 6.20 Å². The van der Waals surface area contributed by atoms with Crippen molar-refractivity contribution in [3.8, 4) is 0 Å². The Balaban J connectivity index is 1.69. The van der Waals surface area contributed by atoms with Crippen LogP contribution in [0.25, 0.3) is 0 Å². The van der Waals surface area contributed by atoms with Gasteiger partial charge in [0.25, 0.3) is 0 Å². The van der Waals surface area contributed by atoms with E-state index in [1.54, 1.807) is 37.7 Å². The van der Waals surface area contributed by atoms with E-state index in [2.05, 4.69) is 15.5 Å². The Labute approximate surface area is 170 Å². The maximum absolute atomic E-state index is 12.8. The summed E-state index contributed by atoms with van der Waals surface area (Å²) in [7, 11) is 0. The maximum Gasteiger partial charge on any atom is 0.416 e. The van der Waals surface area contributed by atoms with E-state index in [9.17, 15) is 18.0 Å². The van der Waals surface area contributed by atoms with Gasteiger partial charge in [0.2, 0.25) is 5.91 Å². The molecule has 0 bridgehead atoms. The fourth-order valence-electron chi connectivity index (χ4n) is 2.93. The second-order valence-corrected chi connectivity index (χ2v) is 7.10. The van der Waals surface area contributed by atoms with Gasteiger partial charge in [0.05, 0.1) is 40.4 Å². The van der Waals surface area contributed by atoms with Crippen LogP contribution in [-0.4, -0.2) is 25.5 Å². The number of carbonyl (C=O) groups is 1. The highest BCUT2D eigenvalue weighted by molar-refractivity contribution is 6.31. The second-order valence-electron chi connectivity index (χ2n) is 6.72. The molecule has 0 fully saturated rings. The molecule has 0 saturated heterocycles. The van der Waals surface area contributed by atoms with Gasteiger partial charge in [-0.25, -0.2) is 0 Å². The lowest BCUT2D eigenvalue weighted by atomic mass is 10.1. The molecule has 1 unspecified atom stereocenters. The van der Waals surface area contributed by atoms with Crippen LogP contribution in [0.3, 0.4) is 0 Å². The number of aromatic nitrogens is 4. The molecule has 1 amide bonds. The third-order valence-corrected chi connectivity index (χ3v) is 5.03. The maximum atomic E-state index is 12.8. The molecular formula is C19H19ClF3N5O. The number of halogens is 4. The van der Waals surface area contributed by atoms with Crippen molar-refractivity contribution in [1.29, 1.82) is 0 Å². The number of benzene rings is 1. The summed E-state index contributed by atoms with van der Waals surface area (Å²) in [5.74, 6) is -0.314. The van der Waals surface area contributed by atoms with Crippen molar-refractivity contribution in [1.82, 2.24) is 19.6 Å². The van der Waals surface area contributed by atoms with Gasteiger partial charge in [0.15, 0.2) is 0 Å². The SMILES string of the molecule is Cc1nn(C(C)C(=O)Nc2cnn(Cc3cccc(C(F)(F)F)c3)c2)c(C)c1Cl. The number of aryl methyl sites for hydroxylation is 1. The number of carbonyl (C=O) groups excluding carboxylic acids is 1. The summed E-state index contributed by atoms with van der Waals surface area (Å²) < 4.78 is 41.5. The Kier molecular flexibility index (Phi) is 5.70. The highest BCUT2D eigenvalue weighted by atomic mass is 35.5. The number of nitrogens with one attached hydrogen (secondary N) is 1. The van der Waals surface area contributed by atoms with E-state index < -0.39 is 17.8 Å². The fourth-order valence-corrected chi connectivity index (χ4v) is 3.05. The van der Waals surface area contributed by atoms with E-state index >= 15 is 0 Å². The summed E-state index contributed by atoms with van der Waals surface area (Å²) in [5.41, 5.74) is 1.49. The Bertz CT molecular complexity index is 1040.